The van der Waals surface area contributed by atoms with E-state index in [1.54, 1.807) is 13.1 Å². The molecule has 0 fully saturated rings. The number of aryl methyl sites for hydroxylation is 1. The molecular weight excluding hydrogens is 164 g/mol. The Hall–Kier alpha value is -1.23. The molecule has 2 N–H and O–H groups in total. The largest absolute Gasteiger partial charge is 0.498 e. The highest BCUT2D eigenvalue weighted by molar-refractivity contribution is 7.19. The molecule has 2 aromatic rings. The molecule has 0 saturated heterocycles. The van der Waals surface area contributed by atoms with E-state index in [0.717, 1.165) is 4.83 Å². The number of nitrogens with zero attached hydrogens (tertiary/aromatic N) is 1. The smallest absolute Gasteiger partial charge is 0.331 e. The normalized spacial score (nSPS) is 11.0. The molecule has 0 atom stereocenters. The Kier molecular flexibility index (Phi) is 1.11. The van der Waals surface area contributed by atoms with E-state index in [0.29, 0.717) is 5.69 Å². The molecule has 2 aromatic heterocycles. The highest BCUT2D eigenvalue weighted by Gasteiger charge is 2.08. The maximum absolute atomic E-state index is 11.0. The van der Waals surface area contributed by atoms with Crippen molar-refractivity contribution in [2.24, 2.45) is 0 Å². The number of imidazole rings is 1. The zero-order valence-corrected chi connectivity index (χ0v) is 6.60. The molecule has 0 spiro atoms. The first-order valence-electron chi connectivity index (χ1n) is 3.08. The molecule has 0 aliphatic heterocycles. The minimum atomic E-state index is -0.200. The van der Waals surface area contributed by atoms with Crippen LogP contribution in [-0.4, -0.2) is 14.5 Å². The summed E-state index contributed by atoms with van der Waals surface area (Å²) in [6.45, 7) is 1.70. The zero-order chi connectivity index (χ0) is 8.01. The van der Waals surface area contributed by atoms with E-state index in [2.05, 4.69) is 4.98 Å². The molecule has 0 radical (unpaired) electrons. The number of aromatic amines is 1. The van der Waals surface area contributed by atoms with Crippen LogP contribution in [0.1, 0.15) is 5.69 Å². The topological polar surface area (TPSA) is 57.5 Å². The molecule has 0 unspecified atom stereocenters. The Balaban J connectivity index is 3.07. The van der Waals surface area contributed by atoms with Crippen LogP contribution >= 0.6 is 11.3 Å². The summed E-state index contributed by atoms with van der Waals surface area (Å²) in [5, 5.41) is 9.40. The van der Waals surface area contributed by atoms with E-state index in [4.69, 9.17) is 0 Å². The number of thiazole rings is 1. The molecule has 0 aliphatic rings. The number of rotatable bonds is 0. The van der Waals surface area contributed by atoms with Gasteiger partial charge in [0, 0.05) is 6.20 Å². The van der Waals surface area contributed by atoms with Gasteiger partial charge in [0.05, 0.1) is 5.69 Å². The number of hydrogen-bond donors (Lipinski definition) is 2. The molecule has 2 rings (SSSR count). The van der Waals surface area contributed by atoms with Crippen molar-refractivity contribution in [3.05, 3.63) is 22.4 Å². The first kappa shape index (κ1) is 6.48. The Morgan fingerprint density at radius 3 is 3.09 bits per heavy atom. The molecule has 5 heteroatoms. The van der Waals surface area contributed by atoms with Crippen molar-refractivity contribution < 1.29 is 5.11 Å². The third-order valence-corrected chi connectivity index (χ3v) is 2.59. The van der Waals surface area contributed by atoms with Crippen LogP contribution in [0.15, 0.2) is 11.0 Å². The first-order chi connectivity index (χ1) is 5.20. The van der Waals surface area contributed by atoms with Gasteiger partial charge in [-0.05, 0) is 6.92 Å². The van der Waals surface area contributed by atoms with Crippen molar-refractivity contribution in [1.82, 2.24) is 9.38 Å². The van der Waals surface area contributed by atoms with Crippen LogP contribution < -0.4 is 5.69 Å². The van der Waals surface area contributed by atoms with Crippen molar-refractivity contribution in [3.8, 4) is 5.06 Å². The predicted molar refractivity (Wildman–Crippen MR) is 42.3 cm³/mol. The lowest BCUT2D eigenvalue weighted by atomic mass is 10.5. The minimum Gasteiger partial charge on any atom is -0.498 e. The SMILES string of the molecule is Cc1c(O)sc2c[nH]c(=O)n12. The van der Waals surface area contributed by atoms with Gasteiger partial charge in [-0.2, -0.15) is 0 Å². The maximum Gasteiger partial charge on any atom is 0.331 e. The lowest BCUT2D eigenvalue weighted by Gasteiger charge is -1.85. The second-order valence-corrected chi connectivity index (χ2v) is 3.27. The molecule has 2 heterocycles. The summed E-state index contributed by atoms with van der Waals surface area (Å²) in [5.74, 6) is 0. The van der Waals surface area contributed by atoms with Crippen LogP contribution in [0.25, 0.3) is 4.83 Å². The van der Waals surface area contributed by atoms with Gasteiger partial charge < -0.3 is 10.1 Å². The van der Waals surface area contributed by atoms with Crippen LogP contribution in [0.2, 0.25) is 0 Å². The second-order valence-electron chi connectivity index (χ2n) is 2.26. The Morgan fingerprint density at radius 1 is 1.73 bits per heavy atom. The number of H-pyrrole nitrogens is 1. The summed E-state index contributed by atoms with van der Waals surface area (Å²) in [5.41, 5.74) is 0.394. The summed E-state index contributed by atoms with van der Waals surface area (Å²) >= 11 is 1.19. The number of fused-ring (bicyclic) bond motifs is 1. The van der Waals surface area contributed by atoms with Gasteiger partial charge in [-0.15, -0.1) is 0 Å². The van der Waals surface area contributed by atoms with Crippen LogP contribution in [0.5, 0.6) is 5.06 Å². The molecule has 0 bridgehead atoms. The van der Waals surface area contributed by atoms with Crippen LogP contribution in [0.4, 0.5) is 0 Å². The van der Waals surface area contributed by atoms with E-state index in [1.165, 1.54) is 15.7 Å². The number of nitrogens with one attached hydrogen (secondary N) is 1. The molecule has 4 nitrogen and oxygen atoms in total. The van der Waals surface area contributed by atoms with E-state index in [1.807, 2.05) is 0 Å². The molecule has 0 aliphatic carbocycles. The van der Waals surface area contributed by atoms with Gasteiger partial charge in [-0.25, -0.2) is 4.79 Å². The van der Waals surface area contributed by atoms with Crippen molar-refractivity contribution >= 4 is 16.2 Å². The summed E-state index contributed by atoms with van der Waals surface area (Å²) in [4.78, 5) is 14.3. The van der Waals surface area contributed by atoms with Crippen LogP contribution in [0.3, 0.4) is 0 Å². The summed E-state index contributed by atoms with van der Waals surface area (Å²) in [6.07, 6.45) is 1.58. The third kappa shape index (κ3) is 0.711. The van der Waals surface area contributed by atoms with Gasteiger partial charge in [0.1, 0.15) is 4.83 Å². The van der Waals surface area contributed by atoms with Crippen LogP contribution in [0, 0.1) is 6.92 Å². The van der Waals surface area contributed by atoms with E-state index < -0.39 is 0 Å². The van der Waals surface area contributed by atoms with Crippen molar-refractivity contribution in [1.29, 1.82) is 0 Å². The lowest BCUT2D eigenvalue weighted by molar-refractivity contribution is 0.483. The van der Waals surface area contributed by atoms with Gasteiger partial charge >= 0.3 is 5.69 Å². The average Bonchev–Trinajstić information content (AvgIpc) is 2.41. The monoisotopic (exact) mass is 170 g/mol. The molecule has 0 amide bonds. The third-order valence-electron chi connectivity index (χ3n) is 1.59. The van der Waals surface area contributed by atoms with E-state index in [9.17, 15) is 9.90 Å². The summed E-state index contributed by atoms with van der Waals surface area (Å²) < 4.78 is 1.44. The van der Waals surface area contributed by atoms with Crippen molar-refractivity contribution in [2.45, 2.75) is 6.92 Å². The van der Waals surface area contributed by atoms with Crippen molar-refractivity contribution in [3.63, 3.8) is 0 Å². The quantitative estimate of drug-likeness (QED) is 0.611. The maximum atomic E-state index is 11.0. The van der Waals surface area contributed by atoms with Gasteiger partial charge in [-0.1, -0.05) is 11.3 Å². The van der Waals surface area contributed by atoms with E-state index in [-0.39, 0.29) is 10.8 Å². The highest BCUT2D eigenvalue weighted by atomic mass is 32.1. The average molecular weight is 170 g/mol. The Labute approximate surface area is 65.7 Å². The van der Waals surface area contributed by atoms with Gasteiger partial charge in [0.15, 0.2) is 5.06 Å². The van der Waals surface area contributed by atoms with Gasteiger partial charge in [0.2, 0.25) is 0 Å². The zero-order valence-electron chi connectivity index (χ0n) is 5.79. The summed E-state index contributed by atoms with van der Waals surface area (Å²) in [7, 11) is 0. The Bertz CT molecular complexity index is 451. The number of aromatic nitrogens is 2. The Morgan fingerprint density at radius 2 is 2.45 bits per heavy atom. The number of aromatic hydroxyl groups is 1. The van der Waals surface area contributed by atoms with Crippen molar-refractivity contribution in [2.75, 3.05) is 0 Å². The fourth-order valence-electron chi connectivity index (χ4n) is 1.01. The van der Waals surface area contributed by atoms with Gasteiger partial charge in [0.25, 0.3) is 0 Å². The second kappa shape index (κ2) is 1.88. The van der Waals surface area contributed by atoms with Crippen LogP contribution in [-0.2, 0) is 0 Å². The molecular formula is C6H6N2O2S. The molecule has 11 heavy (non-hydrogen) atoms. The number of hydrogen-bond acceptors (Lipinski definition) is 3. The standard InChI is InChI=1S/C6H6N2O2S/c1-3-5(9)11-4-2-7-6(10)8(3)4/h2,9H,1H3,(H,7,10). The van der Waals surface area contributed by atoms with Gasteiger partial charge in [-0.3, -0.25) is 4.40 Å². The molecule has 58 valence electrons. The fourth-order valence-corrected chi connectivity index (χ4v) is 1.88. The lowest BCUT2D eigenvalue weighted by Crippen LogP contribution is -2.09. The summed E-state index contributed by atoms with van der Waals surface area (Å²) in [6, 6.07) is 0. The molecule has 0 aromatic carbocycles. The minimum absolute atomic E-state index is 0.200. The van der Waals surface area contributed by atoms with E-state index >= 15 is 0 Å². The first-order valence-corrected chi connectivity index (χ1v) is 3.90. The predicted octanol–water partition coefficient (Wildman–Crippen LogP) is 0.703. The fraction of sp³-hybridized carbons (Fsp3) is 0.167. The molecule has 0 saturated carbocycles. The highest BCUT2D eigenvalue weighted by Crippen LogP contribution is 2.26.